The van der Waals surface area contributed by atoms with Gasteiger partial charge in [0.15, 0.2) is 5.82 Å². The quantitative estimate of drug-likeness (QED) is 0.644. The summed E-state index contributed by atoms with van der Waals surface area (Å²) in [5.74, 6) is -0.206. The number of hydrogen-bond acceptors (Lipinski definition) is 6. The third kappa shape index (κ3) is 3.96. The molecule has 1 aromatic heterocycles. The number of hydrogen-bond donors (Lipinski definition) is 0. The molecule has 9 heteroatoms. The number of rotatable bonds is 7. The van der Waals surface area contributed by atoms with E-state index in [0.717, 1.165) is 25.7 Å². The highest BCUT2D eigenvalue weighted by atomic mass is 16.2. The van der Waals surface area contributed by atoms with E-state index in [4.69, 9.17) is 0 Å². The van der Waals surface area contributed by atoms with Crippen molar-refractivity contribution in [2.45, 2.75) is 58.0 Å². The highest BCUT2D eigenvalue weighted by Crippen LogP contribution is 2.23. The minimum atomic E-state index is -0.302. The monoisotopic (exact) mass is 410 g/mol. The van der Waals surface area contributed by atoms with Crippen molar-refractivity contribution in [1.29, 1.82) is 0 Å². The number of nitrogens with zero attached hydrogens (tertiary/aromatic N) is 6. The molecule has 0 spiro atoms. The van der Waals surface area contributed by atoms with Gasteiger partial charge in [0.25, 0.3) is 11.8 Å². The zero-order valence-corrected chi connectivity index (χ0v) is 17.2. The van der Waals surface area contributed by atoms with E-state index in [1.165, 1.54) is 16.1 Å². The normalized spacial score (nSPS) is 16.8. The van der Waals surface area contributed by atoms with Crippen molar-refractivity contribution in [3.05, 3.63) is 41.2 Å². The summed E-state index contributed by atoms with van der Waals surface area (Å²) in [5, 5.41) is 12.2. The van der Waals surface area contributed by atoms with Crippen LogP contribution in [0.15, 0.2) is 24.3 Å². The van der Waals surface area contributed by atoms with Crippen molar-refractivity contribution in [2.24, 2.45) is 0 Å². The molecular formula is C21H26N6O3. The highest BCUT2D eigenvalue weighted by molar-refractivity contribution is 6.21. The summed E-state index contributed by atoms with van der Waals surface area (Å²) >= 11 is 0. The fraction of sp³-hybridized carbons (Fsp3) is 0.524. The van der Waals surface area contributed by atoms with E-state index in [1.54, 1.807) is 24.3 Å². The SMILES string of the molecule is CCN(C(=O)Cn1nnc(CCN2C(=O)c3ccccc3C2=O)n1)C1CCCCC1. The summed E-state index contributed by atoms with van der Waals surface area (Å²) in [6, 6.07) is 7.09. The molecule has 30 heavy (non-hydrogen) atoms. The minimum Gasteiger partial charge on any atom is -0.338 e. The Morgan fingerprint density at radius 1 is 1.10 bits per heavy atom. The van der Waals surface area contributed by atoms with Crippen molar-refractivity contribution in [3.8, 4) is 0 Å². The molecule has 9 nitrogen and oxygen atoms in total. The Bertz CT molecular complexity index is 915. The number of benzene rings is 1. The van der Waals surface area contributed by atoms with Crippen LogP contribution in [0.3, 0.4) is 0 Å². The fourth-order valence-electron chi connectivity index (χ4n) is 4.34. The Kier molecular flexibility index (Phi) is 5.87. The molecule has 1 fully saturated rings. The van der Waals surface area contributed by atoms with Crippen molar-refractivity contribution in [2.75, 3.05) is 13.1 Å². The lowest BCUT2D eigenvalue weighted by Crippen LogP contribution is -2.43. The molecule has 2 heterocycles. The summed E-state index contributed by atoms with van der Waals surface area (Å²) < 4.78 is 0. The number of fused-ring (bicyclic) bond motifs is 1. The first-order valence-corrected chi connectivity index (χ1v) is 10.6. The molecule has 3 amide bonds. The van der Waals surface area contributed by atoms with Gasteiger partial charge in [0.05, 0.1) is 11.1 Å². The van der Waals surface area contributed by atoms with Gasteiger partial charge in [-0.05, 0) is 37.1 Å². The second-order valence-corrected chi connectivity index (χ2v) is 7.77. The van der Waals surface area contributed by atoms with Crippen LogP contribution in [-0.4, -0.2) is 66.9 Å². The summed E-state index contributed by atoms with van der Waals surface area (Å²) in [4.78, 5) is 42.0. The predicted octanol–water partition coefficient (Wildman–Crippen LogP) is 1.69. The molecule has 0 radical (unpaired) electrons. The van der Waals surface area contributed by atoms with Crippen LogP contribution in [0, 0.1) is 0 Å². The predicted molar refractivity (Wildman–Crippen MR) is 108 cm³/mol. The van der Waals surface area contributed by atoms with Gasteiger partial charge in [0.1, 0.15) is 6.54 Å². The van der Waals surface area contributed by atoms with Crippen LogP contribution in [0.4, 0.5) is 0 Å². The number of carbonyl (C=O) groups is 3. The third-order valence-electron chi connectivity index (χ3n) is 5.88. The second-order valence-electron chi connectivity index (χ2n) is 7.77. The third-order valence-corrected chi connectivity index (χ3v) is 5.88. The first kappa shape index (κ1) is 20.2. The standard InChI is InChI=1S/C21H26N6O3/c1-2-25(15-8-4-3-5-9-15)19(28)14-27-23-18(22-24-27)12-13-26-20(29)16-10-6-7-11-17(16)21(26)30/h6-7,10-11,15H,2-5,8-9,12-14H2,1H3. The van der Waals surface area contributed by atoms with Gasteiger partial charge in [-0.1, -0.05) is 31.4 Å². The van der Waals surface area contributed by atoms with Crippen LogP contribution in [0.2, 0.25) is 0 Å². The van der Waals surface area contributed by atoms with Crippen LogP contribution in [-0.2, 0) is 17.8 Å². The van der Waals surface area contributed by atoms with E-state index in [-0.39, 0.29) is 30.8 Å². The van der Waals surface area contributed by atoms with Crippen LogP contribution < -0.4 is 0 Å². The van der Waals surface area contributed by atoms with Crippen LogP contribution in [0.25, 0.3) is 0 Å². The first-order chi connectivity index (χ1) is 14.6. The van der Waals surface area contributed by atoms with Gasteiger partial charge in [0, 0.05) is 25.6 Å². The molecule has 0 unspecified atom stereocenters. The van der Waals surface area contributed by atoms with Gasteiger partial charge in [-0.25, -0.2) is 0 Å². The van der Waals surface area contributed by atoms with Crippen LogP contribution in [0.1, 0.15) is 65.6 Å². The lowest BCUT2D eigenvalue weighted by atomic mass is 9.94. The number of aromatic nitrogens is 4. The van der Waals surface area contributed by atoms with E-state index in [1.807, 2.05) is 11.8 Å². The maximum atomic E-state index is 12.7. The minimum absolute atomic E-state index is 0.00584. The molecule has 1 aliphatic carbocycles. The maximum absolute atomic E-state index is 12.7. The summed E-state index contributed by atoms with van der Waals surface area (Å²) in [5.41, 5.74) is 0.846. The number of tetrazole rings is 1. The number of amides is 3. The number of likely N-dealkylation sites (N-methyl/N-ethyl adjacent to an activating group) is 1. The van der Waals surface area contributed by atoms with E-state index in [2.05, 4.69) is 15.4 Å². The van der Waals surface area contributed by atoms with Gasteiger partial charge in [-0.15, -0.1) is 10.2 Å². The van der Waals surface area contributed by atoms with Gasteiger partial charge in [-0.3, -0.25) is 19.3 Å². The molecule has 2 aliphatic rings. The van der Waals surface area contributed by atoms with Crippen molar-refractivity contribution in [1.82, 2.24) is 30.0 Å². The molecule has 4 rings (SSSR count). The summed E-state index contributed by atoms with van der Waals surface area (Å²) in [7, 11) is 0. The lowest BCUT2D eigenvalue weighted by molar-refractivity contribution is -0.135. The van der Waals surface area contributed by atoms with Crippen LogP contribution >= 0.6 is 0 Å². The van der Waals surface area contributed by atoms with Crippen molar-refractivity contribution < 1.29 is 14.4 Å². The number of carbonyl (C=O) groups excluding carboxylic acids is 3. The van der Waals surface area contributed by atoms with Gasteiger partial charge in [-0.2, -0.15) is 4.80 Å². The number of imide groups is 1. The molecule has 1 aromatic carbocycles. The van der Waals surface area contributed by atoms with E-state index in [9.17, 15) is 14.4 Å². The summed E-state index contributed by atoms with van der Waals surface area (Å²) in [6.45, 7) is 2.89. The molecule has 0 atom stereocenters. The van der Waals surface area contributed by atoms with E-state index in [0.29, 0.717) is 36.0 Å². The van der Waals surface area contributed by atoms with Crippen molar-refractivity contribution in [3.63, 3.8) is 0 Å². The Morgan fingerprint density at radius 3 is 2.40 bits per heavy atom. The smallest absolute Gasteiger partial charge is 0.261 e. The fourth-order valence-corrected chi connectivity index (χ4v) is 4.34. The average molecular weight is 410 g/mol. The Labute approximate surface area is 175 Å². The molecule has 0 saturated heterocycles. The molecule has 1 aliphatic heterocycles. The van der Waals surface area contributed by atoms with Gasteiger partial charge < -0.3 is 4.90 Å². The molecule has 158 valence electrons. The zero-order chi connectivity index (χ0) is 21.1. The second kappa shape index (κ2) is 8.73. The summed E-state index contributed by atoms with van der Waals surface area (Å²) in [6.07, 6.45) is 5.96. The highest BCUT2D eigenvalue weighted by Gasteiger charge is 2.35. The topological polar surface area (TPSA) is 101 Å². The molecule has 2 aromatic rings. The molecule has 0 N–H and O–H groups in total. The van der Waals surface area contributed by atoms with E-state index < -0.39 is 0 Å². The first-order valence-electron chi connectivity index (χ1n) is 10.6. The Balaban J connectivity index is 1.34. The Morgan fingerprint density at radius 2 is 1.77 bits per heavy atom. The largest absolute Gasteiger partial charge is 0.338 e. The van der Waals surface area contributed by atoms with Gasteiger partial charge in [0.2, 0.25) is 5.91 Å². The zero-order valence-electron chi connectivity index (χ0n) is 17.2. The molecule has 1 saturated carbocycles. The Hall–Kier alpha value is -3.10. The van der Waals surface area contributed by atoms with Crippen molar-refractivity contribution >= 4 is 17.7 Å². The van der Waals surface area contributed by atoms with Gasteiger partial charge >= 0.3 is 0 Å². The van der Waals surface area contributed by atoms with E-state index >= 15 is 0 Å². The lowest BCUT2D eigenvalue weighted by Gasteiger charge is -2.33. The average Bonchev–Trinajstić information content (AvgIpc) is 3.31. The molecular weight excluding hydrogens is 384 g/mol. The van der Waals surface area contributed by atoms with Crippen LogP contribution in [0.5, 0.6) is 0 Å². The maximum Gasteiger partial charge on any atom is 0.261 e. The molecule has 0 bridgehead atoms.